The van der Waals surface area contributed by atoms with E-state index in [1.807, 2.05) is 28.6 Å². The van der Waals surface area contributed by atoms with Gasteiger partial charge in [0.1, 0.15) is 12.2 Å². The molecule has 1 saturated carbocycles. The second-order valence-corrected chi connectivity index (χ2v) is 12.5. The maximum atomic E-state index is 13.9. The van der Waals surface area contributed by atoms with Gasteiger partial charge in [-0.15, -0.1) is 10.2 Å². The van der Waals surface area contributed by atoms with Gasteiger partial charge in [0.25, 0.3) is 5.91 Å². The molecule has 1 aromatic heterocycles. The molecule has 8 nitrogen and oxygen atoms in total. The number of aromatic nitrogens is 3. The van der Waals surface area contributed by atoms with Crippen LogP contribution in [-0.2, 0) is 35.7 Å². The van der Waals surface area contributed by atoms with Gasteiger partial charge in [-0.25, -0.2) is 0 Å². The highest BCUT2D eigenvalue weighted by Crippen LogP contribution is 2.50. The first-order valence-electron chi connectivity index (χ1n) is 14.3. The minimum atomic E-state index is -0.209. The summed E-state index contributed by atoms with van der Waals surface area (Å²) in [5, 5.41) is 18.0. The molecule has 3 aliphatic rings. The third-order valence-electron chi connectivity index (χ3n) is 9.53. The number of hydrogen-bond acceptors (Lipinski definition) is 6. The highest BCUT2D eigenvalue weighted by molar-refractivity contribution is 6.10. The van der Waals surface area contributed by atoms with Crippen molar-refractivity contribution in [2.75, 3.05) is 24.6 Å². The van der Waals surface area contributed by atoms with Crippen LogP contribution in [0.3, 0.4) is 0 Å². The Morgan fingerprint density at radius 3 is 2.73 bits per heavy atom. The number of aryl methyl sites for hydroxylation is 2. The van der Waals surface area contributed by atoms with Crippen molar-refractivity contribution < 1.29 is 9.53 Å². The average Bonchev–Trinajstić information content (AvgIpc) is 3.48. The molecule has 8 heteroatoms. The molecule has 0 spiro atoms. The minimum Gasteiger partial charge on any atom is -0.376 e. The first-order valence-corrected chi connectivity index (χ1v) is 14.3. The lowest BCUT2D eigenvalue weighted by molar-refractivity contribution is -0.0555. The van der Waals surface area contributed by atoms with E-state index in [1.54, 1.807) is 6.33 Å². The summed E-state index contributed by atoms with van der Waals surface area (Å²) in [6.45, 7) is 11.8. The van der Waals surface area contributed by atoms with Crippen LogP contribution in [0, 0.1) is 24.2 Å². The van der Waals surface area contributed by atoms with E-state index in [2.05, 4.69) is 73.1 Å². The Bertz CT molecular complexity index is 1500. The maximum Gasteiger partial charge on any atom is 0.258 e. The van der Waals surface area contributed by atoms with Crippen LogP contribution in [0.15, 0.2) is 42.7 Å². The Morgan fingerprint density at radius 2 is 2.02 bits per heavy atom. The number of fused-ring (bicyclic) bond motifs is 1. The summed E-state index contributed by atoms with van der Waals surface area (Å²) in [7, 11) is 1.96. The molecule has 0 bridgehead atoms. The molecule has 3 heterocycles. The van der Waals surface area contributed by atoms with Crippen molar-refractivity contribution in [3.8, 4) is 6.07 Å². The molecule has 0 unspecified atom stereocenters. The van der Waals surface area contributed by atoms with E-state index in [0.717, 1.165) is 72.7 Å². The van der Waals surface area contributed by atoms with Crippen molar-refractivity contribution in [1.29, 1.82) is 5.26 Å². The number of rotatable bonds is 6. The molecule has 1 atom stereocenters. The van der Waals surface area contributed by atoms with Gasteiger partial charge in [0.15, 0.2) is 0 Å². The molecule has 40 heavy (non-hydrogen) atoms. The van der Waals surface area contributed by atoms with Crippen LogP contribution in [-0.4, -0.2) is 51.4 Å². The van der Waals surface area contributed by atoms with Crippen molar-refractivity contribution in [3.63, 3.8) is 0 Å². The van der Waals surface area contributed by atoms with E-state index >= 15 is 0 Å². The van der Waals surface area contributed by atoms with Crippen LogP contribution in [0.4, 0.5) is 5.69 Å². The van der Waals surface area contributed by atoms with Gasteiger partial charge in [-0.1, -0.05) is 18.2 Å². The molecule has 1 saturated heterocycles. The fourth-order valence-electron chi connectivity index (χ4n) is 6.89. The summed E-state index contributed by atoms with van der Waals surface area (Å²) >= 11 is 0. The summed E-state index contributed by atoms with van der Waals surface area (Å²) in [5.74, 6) is 0.995. The lowest BCUT2D eigenvalue weighted by Crippen LogP contribution is -2.50. The summed E-state index contributed by atoms with van der Waals surface area (Å²) in [6, 6.07) is 15.2. The number of ether oxygens (including phenoxy) is 1. The minimum absolute atomic E-state index is 0.0356. The molecule has 6 rings (SSSR count). The van der Waals surface area contributed by atoms with E-state index < -0.39 is 0 Å². The second kappa shape index (κ2) is 9.83. The zero-order valence-electron chi connectivity index (χ0n) is 24.1. The Hall–Kier alpha value is -3.54. The number of benzene rings is 2. The molecule has 0 radical (unpaired) electrons. The van der Waals surface area contributed by atoms with E-state index in [4.69, 9.17) is 4.74 Å². The number of nitriles is 1. The highest BCUT2D eigenvalue weighted by Gasteiger charge is 2.47. The van der Waals surface area contributed by atoms with Crippen LogP contribution >= 0.6 is 0 Å². The second-order valence-electron chi connectivity index (χ2n) is 12.5. The van der Waals surface area contributed by atoms with E-state index in [9.17, 15) is 10.1 Å². The van der Waals surface area contributed by atoms with E-state index in [-0.39, 0.29) is 28.9 Å². The smallest absolute Gasteiger partial charge is 0.258 e. The van der Waals surface area contributed by atoms with Crippen molar-refractivity contribution in [1.82, 2.24) is 19.7 Å². The first kappa shape index (κ1) is 26.7. The predicted molar refractivity (Wildman–Crippen MR) is 153 cm³/mol. The van der Waals surface area contributed by atoms with Gasteiger partial charge in [0.2, 0.25) is 0 Å². The standard InChI is InChI=1S/C32H38N6O2/c1-21-11-25(31(3,4)37-9-10-40-22(2)18-37)13-27-28(21)19-38(30(27)39)26-8-6-7-24(12-26)32(14-23(15-32)17-33)16-29-35-34-20-36(29)5/h6-8,11-13,20,22-23H,9-10,14-16,18-19H2,1-5H3/t22-,23-,32-/m1/s1. The topological polar surface area (TPSA) is 87.3 Å². The number of hydrogen-bond donors (Lipinski definition) is 0. The fraction of sp³-hybridized carbons (Fsp3) is 0.500. The van der Waals surface area contributed by atoms with Gasteiger partial charge < -0.3 is 14.2 Å². The van der Waals surface area contributed by atoms with Crippen LogP contribution in [0.1, 0.15) is 72.0 Å². The molecule has 2 aromatic carbocycles. The summed E-state index contributed by atoms with van der Waals surface area (Å²) in [5.41, 5.74) is 5.89. The van der Waals surface area contributed by atoms with Crippen molar-refractivity contribution in [3.05, 3.63) is 76.4 Å². The lowest BCUT2D eigenvalue weighted by Gasteiger charge is -2.45. The summed E-state index contributed by atoms with van der Waals surface area (Å²) < 4.78 is 7.73. The molecular formula is C32H38N6O2. The number of carbonyl (C=O) groups excluding carboxylic acids is 1. The summed E-state index contributed by atoms with van der Waals surface area (Å²) in [6.07, 6.45) is 4.20. The largest absolute Gasteiger partial charge is 0.376 e. The quantitative estimate of drug-likeness (QED) is 0.454. The van der Waals surface area contributed by atoms with Crippen LogP contribution in [0.25, 0.3) is 0 Å². The number of carbonyl (C=O) groups is 1. The fourth-order valence-corrected chi connectivity index (χ4v) is 6.89. The van der Waals surface area contributed by atoms with Crippen LogP contribution in [0.5, 0.6) is 0 Å². The Kier molecular flexibility index (Phi) is 6.55. The van der Waals surface area contributed by atoms with Crippen LogP contribution < -0.4 is 4.90 Å². The van der Waals surface area contributed by atoms with Gasteiger partial charge in [0.05, 0.1) is 25.3 Å². The van der Waals surface area contributed by atoms with E-state index in [0.29, 0.717) is 6.54 Å². The maximum absolute atomic E-state index is 13.9. The number of amides is 1. The molecule has 1 aliphatic carbocycles. The molecule has 0 N–H and O–H groups in total. The van der Waals surface area contributed by atoms with Gasteiger partial charge >= 0.3 is 0 Å². The first-order chi connectivity index (χ1) is 19.1. The zero-order chi connectivity index (χ0) is 28.2. The SMILES string of the molecule is Cc1cc(C(C)(C)N2CCO[C@H](C)C2)cc2c1CN(c1cccc([C@]3(Cc4nncn4C)C[C@@H](C#N)C3)c1)C2=O. The van der Waals surface area contributed by atoms with Crippen molar-refractivity contribution >= 4 is 11.6 Å². The average molecular weight is 539 g/mol. The highest BCUT2D eigenvalue weighted by atomic mass is 16.5. The van der Waals surface area contributed by atoms with Crippen molar-refractivity contribution in [2.45, 2.75) is 70.6 Å². The lowest BCUT2D eigenvalue weighted by atomic mass is 9.57. The Balaban J connectivity index is 1.30. The summed E-state index contributed by atoms with van der Waals surface area (Å²) in [4.78, 5) is 18.3. The zero-order valence-corrected chi connectivity index (χ0v) is 24.1. The molecule has 3 aromatic rings. The number of morpholine rings is 1. The normalized spacial score (nSPS) is 25.0. The number of nitrogens with zero attached hydrogens (tertiary/aromatic N) is 6. The number of anilines is 1. The Labute approximate surface area is 236 Å². The monoisotopic (exact) mass is 538 g/mol. The molecular weight excluding hydrogens is 500 g/mol. The van der Waals surface area contributed by atoms with Crippen LogP contribution in [0.2, 0.25) is 0 Å². The Morgan fingerprint density at radius 1 is 1.23 bits per heavy atom. The van der Waals surface area contributed by atoms with Gasteiger partial charge in [-0.2, -0.15) is 5.26 Å². The van der Waals surface area contributed by atoms with Crippen molar-refractivity contribution in [2.24, 2.45) is 13.0 Å². The third kappa shape index (κ3) is 4.42. The molecule has 1 amide bonds. The predicted octanol–water partition coefficient (Wildman–Crippen LogP) is 4.65. The third-order valence-corrected chi connectivity index (χ3v) is 9.53. The van der Waals surface area contributed by atoms with E-state index in [1.165, 1.54) is 5.56 Å². The molecule has 2 aliphatic heterocycles. The molecule has 208 valence electrons. The van der Waals surface area contributed by atoms with Gasteiger partial charge in [-0.05, 0) is 81.0 Å². The molecule has 2 fully saturated rings. The van der Waals surface area contributed by atoms with Gasteiger partial charge in [0, 0.05) is 54.7 Å². The van der Waals surface area contributed by atoms with Gasteiger partial charge in [-0.3, -0.25) is 9.69 Å².